The topological polar surface area (TPSA) is 29.1 Å². The van der Waals surface area contributed by atoms with E-state index in [1.807, 2.05) is 0 Å². The van der Waals surface area contributed by atoms with Crippen LogP contribution in [0, 0.1) is 5.82 Å². The number of carbonyl (C=O) groups is 1. The van der Waals surface area contributed by atoms with E-state index in [-0.39, 0.29) is 12.1 Å². The lowest BCUT2D eigenvalue weighted by Gasteiger charge is -2.05. The van der Waals surface area contributed by atoms with Crippen LogP contribution in [0.15, 0.2) is 34.2 Å². The second-order valence-corrected chi connectivity index (χ2v) is 4.50. The molecule has 1 N–H and O–H groups in total. The molecule has 2 nitrogen and oxygen atoms in total. The van der Waals surface area contributed by atoms with Crippen molar-refractivity contribution in [3.8, 4) is 0 Å². The van der Waals surface area contributed by atoms with Gasteiger partial charge < -0.3 is 5.32 Å². The summed E-state index contributed by atoms with van der Waals surface area (Å²) in [5, 5.41) is 2.51. The van der Waals surface area contributed by atoms with Crippen LogP contribution in [0.4, 0.5) is 4.39 Å². The van der Waals surface area contributed by atoms with Crippen molar-refractivity contribution < 1.29 is 9.18 Å². The largest absolute Gasteiger partial charge is 0.347 e. The molecule has 1 rings (SSSR count). The van der Waals surface area contributed by atoms with Crippen LogP contribution in [-0.4, -0.2) is 12.5 Å². The predicted molar refractivity (Wildman–Crippen MR) is 64.1 cm³/mol. The van der Waals surface area contributed by atoms with Crippen molar-refractivity contribution in [1.29, 1.82) is 0 Å². The molecule has 0 aliphatic heterocycles. The van der Waals surface area contributed by atoms with Gasteiger partial charge in [-0.05, 0) is 18.2 Å². The maximum Gasteiger partial charge on any atom is 0.254 e. The molecule has 15 heavy (non-hydrogen) atoms. The van der Waals surface area contributed by atoms with Gasteiger partial charge in [-0.25, -0.2) is 4.39 Å². The number of amides is 1. The Balaban J connectivity index is 2.81. The zero-order valence-electron chi connectivity index (χ0n) is 7.76. The molecule has 0 bridgehead atoms. The second-order valence-electron chi connectivity index (χ2n) is 2.86. The molecule has 5 heteroatoms. The van der Waals surface area contributed by atoms with Gasteiger partial charge in [-0.1, -0.05) is 22.5 Å². The van der Waals surface area contributed by atoms with Crippen molar-refractivity contribution in [2.45, 2.75) is 4.90 Å². The van der Waals surface area contributed by atoms with Crippen LogP contribution in [-0.2, 0) is 0 Å². The van der Waals surface area contributed by atoms with Gasteiger partial charge in [0.2, 0.25) is 0 Å². The van der Waals surface area contributed by atoms with E-state index in [4.69, 9.17) is 0 Å². The third-order valence-electron chi connectivity index (χ3n) is 1.64. The molecule has 0 atom stereocenters. The average molecular weight is 290 g/mol. The minimum absolute atomic E-state index is 0.0174. The molecule has 1 aromatic carbocycles. The maximum absolute atomic E-state index is 13.2. The molecule has 80 valence electrons. The summed E-state index contributed by atoms with van der Waals surface area (Å²) in [6, 6.07) is 4.07. The van der Waals surface area contributed by atoms with Crippen molar-refractivity contribution in [2.75, 3.05) is 6.54 Å². The molecule has 0 saturated heterocycles. The third kappa shape index (κ3) is 3.68. The number of halogens is 2. The van der Waals surface area contributed by atoms with Gasteiger partial charge in [0.15, 0.2) is 0 Å². The Bertz CT molecular complexity index is 408. The molecular formula is C10H9BrFNOS. The fourth-order valence-electron chi connectivity index (χ4n) is 0.959. The number of hydrogen-bond acceptors (Lipinski definition) is 2. The average Bonchev–Trinajstić information content (AvgIpc) is 2.18. The van der Waals surface area contributed by atoms with Gasteiger partial charge in [0.1, 0.15) is 5.82 Å². The summed E-state index contributed by atoms with van der Waals surface area (Å²) in [6.07, 6.45) is 0. The highest BCUT2D eigenvalue weighted by Gasteiger charge is 2.11. The summed E-state index contributed by atoms with van der Waals surface area (Å²) >= 11 is 7.12. The number of rotatable bonds is 3. The van der Waals surface area contributed by atoms with Gasteiger partial charge in [-0.15, -0.1) is 12.6 Å². The highest BCUT2D eigenvalue weighted by atomic mass is 79.9. The van der Waals surface area contributed by atoms with Crippen LogP contribution in [0.25, 0.3) is 0 Å². The summed E-state index contributed by atoms with van der Waals surface area (Å²) in [7, 11) is 0. The lowest BCUT2D eigenvalue weighted by molar-refractivity contribution is 0.0953. The predicted octanol–water partition coefficient (Wildman–Crippen LogP) is 2.75. The van der Waals surface area contributed by atoms with Crippen LogP contribution in [0.2, 0.25) is 0 Å². The molecule has 0 aromatic heterocycles. The molecular weight excluding hydrogens is 281 g/mol. The van der Waals surface area contributed by atoms with Crippen LogP contribution in [0.3, 0.4) is 0 Å². The van der Waals surface area contributed by atoms with Crippen molar-refractivity contribution in [3.05, 3.63) is 40.6 Å². The molecule has 0 spiro atoms. The van der Waals surface area contributed by atoms with Gasteiger partial charge >= 0.3 is 0 Å². The van der Waals surface area contributed by atoms with E-state index in [1.165, 1.54) is 18.2 Å². The van der Waals surface area contributed by atoms with Crippen LogP contribution in [0.5, 0.6) is 0 Å². The monoisotopic (exact) mass is 289 g/mol. The Morgan fingerprint density at radius 1 is 1.60 bits per heavy atom. The summed E-state index contributed by atoms with van der Waals surface area (Å²) in [6.45, 7) is 3.81. The van der Waals surface area contributed by atoms with Crippen molar-refractivity contribution >= 4 is 34.5 Å². The molecule has 0 unspecified atom stereocenters. The van der Waals surface area contributed by atoms with Gasteiger partial charge in [0, 0.05) is 15.9 Å². The number of benzene rings is 1. The number of thiol groups is 1. The van der Waals surface area contributed by atoms with Crippen LogP contribution < -0.4 is 5.32 Å². The first-order valence-corrected chi connectivity index (χ1v) is 5.34. The van der Waals surface area contributed by atoms with E-state index in [0.29, 0.717) is 9.38 Å². The standard InChI is InChI=1S/C10H9BrFNOS/c1-6(11)5-13-10(14)8-4-7(15)2-3-9(8)12/h2-4,15H,1,5H2,(H,13,14). The summed E-state index contributed by atoms with van der Waals surface area (Å²) in [5.74, 6) is -1.05. The molecule has 0 fully saturated rings. The van der Waals surface area contributed by atoms with E-state index in [2.05, 4.69) is 40.5 Å². The van der Waals surface area contributed by atoms with Crippen LogP contribution in [0.1, 0.15) is 10.4 Å². The normalized spacial score (nSPS) is 9.80. The van der Waals surface area contributed by atoms with Crippen molar-refractivity contribution in [3.63, 3.8) is 0 Å². The first kappa shape index (κ1) is 12.3. The molecule has 0 aliphatic rings. The quantitative estimate of drug-likeness (QED) is 0.824. The maximum atomic E-state index is 13.2. The Morgan fingerprint density at radius 2 is 2.27 bits per heavy atom. The van der Waals surface area contributed by atoms with Gasteiger partial charge in [0.25, 0.3) is 5.91 Å². The number of hydrogen-bond donors (Lipinski definition) is 2. The highest BCUT2D eigenvalue weighted by molar-refractivity contribution is 9.11. The van der Waals surface area contributed by atoms with E-state index < -0.39 is 11.7 Å². The minimum atomic E-state index is -0.564. The molecule has 0 saturated carbocycles. The number of carbonyl (C=O) groups excluding carboxylic acids is 1. The SMILES string of the molecule is C=C(Br)CNC(=O)c1cc(S)ccc1F. The first-order chi connectivity index (χ1) is 7.00. The lowest BCUT2D eigenvalue weighted by Crippen LogP contribution is -2.25. The zero-order chi connectivity index (χ0) is 11.4. The Kier molecular flexibility index (Phi) is 4.35. The van der Waals surface area contributed by atoms with Crippen molar-refractivity contribution in [1.82, 2.24) is 5.32 Å². The molecule has 0 aliphatic carbocycles. The zero-order valence-corrected chi connectivity index (χ0v) is 10.2. The van der Waals surface area contributed by atoms with E-state index in [9.17, 15) is 9.18 Å². The first-order valence-electron chi connectivity index (χ1n) is 4.10. The van der Waals surface area contributed by atoms with Gasteiger partial charge in [-0.2, -0.15) is 0 Å². The third-order valence-corrected chi connectivity index (χ3v) is 2.19. The fourth-order valence-corrected chi connectivity index (χ4v) is 1.30. The summed E-state index contributed by atoms with van der Waals surface area (Å²) < 4.78 is 13.8. The fraction of sp³-hybridized carbons (Fsp3) is 0.100. The highest BCUT2D eigenvalue weighted by Crippen LogP contribution is 2.13. The molecule has 0 heterocycles. The van der Waals surface area contributed by atoms with E-state index in [1.54, 1.807) is 0 Å². The Hall–Kier alpha value is -0.810. The lowest BCUT2D eigenvalue weighted by atomic mass is 10.2. The molecule has 1 amide bonds. The minimum Gasteiger partial charge on any atom is -0.347 e. The summed E-state index contributed by atoms with van der Waals surface area (Å²) in [5.41, 5.74) is -0.0174. The van der Waals surface area contributed by atoms with Crippen LogP contribution >= 0.6 is 28.6 Å². The second kappa shape index (κ2) is 5.32. The Morgan fingerprint density at radius 3 is 2.87 bits per heavy atom. The number of nitrogens with one attached hydrogen (secondary N) is 1. The summed E-state index contributed by atoms with van der Waals surface area (Å²) in [4.78, 5) is 12.0. The Labute approximate surface area is 101 Å². The van der Waals surface area contributed by atoms with Gasteiger partial charge in [-0.3, -0.25) is 4.79 Å². The molecule has 0 radical (unpaired) electrons. The molecule has 1 aromatic rings. The smallest absolute Gasteiger partial charge is 0.254 e. The van der Waals surface area contributed by atoms with E-state index >= 15 is 0 Å². The van der Waals surface area contributed by atoms with E-state index in [0.717, 1.165) is 0 Å². The van der Waals surface area contributed by atoms with Crippen molar-refractivity contribution in [2.24, 2.45) is 0 Å². The van der Waals surface area contributed by atoms with Gasteiger partial charge in [0.05, 0.1) is 5.56 Å².